The van der Waals surface area contributed by atoms with Crippen LogP contribution in [-0.2, 0) is 12.6 Å². The quantitative estimate of drug-likeness (QED) is 0.115. The number of ether oxygens (including phenoxy) is 1. The van der Waals surface area contributed by atoms with Gasteiger partial charge in [0.25, 0.3) is 0 Å². The predicted octanol–water partition coefficient (Wildman–Crippen LogP) is 17.2. The van der Waals surface area contributed by atoms with Gasteiger partial charge in [0.15, 0.2) is 17.3 Å². The van der Waals surface area contributed by atoms with Gasteiger partial charge < -0.3 is 4.74 Å². The highest BCUT2D eigenvalue weighted by Gasteiger charge is 2.73. The van der Waals surface area contributed by atoms with Gasteiger partial charge in [-0.05, 0) is 223 Å². The number of para-hydroxylation sites is 1. The van der Waals surface area contributed by atoms with Crippen molar-refractivity contribution in [1.82, 2.24) is 0 Å². The van der Waals surface area contributed by atoms with Crippen molar-refractivity contribution in [2.75, 3.05) is 7.11 Å². The molecule has 0 aliphatic heterocycles. The SMILES string of the molecule is COc1ccccc1C(=O)C12CC(C)=C(C)CC1C(c1cc(C(=O)C34CC(C)=C(C)CC3CC(Cc3cccc(C(=O)C56C7CC(C(C)=C7C)C5C5CC6C(C)=C5C)c3)=C(C)C4)ccc1C(F)(F)F)C(C)=C(C)C2. The second kappa shape index (κ2) is 17.6. The van der Waals surface area contributed by atoms with E-state index in [1.807, 2.05) is 45.9 Å². The zero-order chi connectivity index (χ0) is 52.9. The molecule has 2 saturated carbocycles. The van der Waals surface area contributed by atoms with Gasteiger partial charge in [0, 0.05) is 27.9 Å². The Labute approximate surface area is 437 Å². The minimum absolute atomic E-state index is 0.0505. The molecule has 4 nitrogen and oxygen atoms in total. The summed E-state index contributed by atoms with van der Waals surface area (Å²) in [5, 5.41) is 0. The summed E-state index contributed by atoms with van der Waals surface area (Å²) < 4.78 is 52.6. The summed E-state index contributed by atoms with van der Waals surface area (Å²) in [5.41, 5.74) is 14.5. The third-order valence-electron chi connectivity index (χ3n) is 22.2. The van der Waals surface area contributed by atoms with Crippen molar-refractivity contribution in [3.8, 4) is 5.75 Å². The van der Waals surface area contributed by atoms with E-state index in [-0.39, 0.29) is 28.5 Å². The van der Waals surface area contributed by atoms with Crippen LogP contribution in [0.3, 0.4) is 0 Å². The number of hydrogen-bond donors (Lipinski definition) is 0. The third kappa shape index (κ3) is 7.15. The Bertz CT molecular complexity index is 3140. The van der Waals surface area contributed by atoms with Gasteiger partial charge in [0.05, 0.1) is 23.7 Å². The molecule has 4 bridgehead atoms. The Hall–Kier alpha value is -5.30. The Morgan fingerprint density at radius 3 is 1.82 bits per heavy atom. The lowest BCUT2D eigenvalue weighted by Gasteiger charge is -2.52. The first-order valence-corrected chi connectivity index (χ1v) is 27.6. The fraction of sp³-hybridized carbons (Fsp3) is 0.507. The number of ketones is 3. The maximum absolute atomic E-state index is 15.8. The van der Waals surface area contributed by atoms with Crippen LogP contribution in [0.15, 0.2) is 134 Å². The lowest BCUT2D eigenvalue weighted by Crippen LogP contribution is -2.48. The zero-order valence-electron chi connectivity index (χ0n) is 45.8. The molecule has 8 aliphatic carbocycles. The molecule has 0 heterocycles. The minimum Gasteiger partial charge on any atom is -0.496 e. The molecule has 11 rings (SSSR count). The summed E-state index contributed by atoms with van der Waals surface area (Å²) in [6, 6.07) is 19.8. The lowest BCUT2D eigenvalue weighted by molar-refractivity contribution is -0.138. The molecule has 0 amide bonds. The van der Waals surface area contributed by atoms with E-state index in [0.717, 1.165) is 64.3 Å². The topological polar surface area (TPSA) is 60.4 Å². The smallest absolute Gasteiger partial charge is 0.416 e. The summed E-state index contributed by atoms with van der Waals surface area (Å²) in [5.74, 6) is 1.20. The second-order valence-electron chi connectivity index (χ2n) is 25.2. The van der Waals surface area contributed by atoms with Crippen LogP contribution in [0.4, 0.5) is 13.2 Å². The van der Waals surface area contributed by atoms with Crippen molar-refractivity contribution >= 4 is 17.3 Å². The Morgan fingerprint density at radius 2 is 1.18 bits per heavy atom. The van der Waals surface area contributed by atoms with Crippen molar-refractivity contribution in [3.05, 3.63) is 167 Å². The summed E-state index contributed by atoms with van der Waals surface area (Å²) in [6.07, 6.45) is 2.00. The highest BCUT2D eigenvalue weighted by molar-refractivity contribution is 6.05. The third-order valence-corrected chi connectivity index (χ3v) is 22.2. The van der Waals surface area contributed by atoms with Crippen molar-refractivity contribution in [3.63, 3.8) is 0 Å². The largest absolute Gasteiger partial charge is 0.496 e. The number of allylic oxidation sites excluding steroid dienone is 12. The number of hydrogen-bond acceptors (Lipinski definition) is 4. The van der Waals surface area contributed by atoms with Crippen molar-refractivity contribution in [1.29, 1.82) is 0 Å². The molecule has 9 unspecified atom stereocenters. The van der Waals surface area contributed by atoms with Gasteiger partial charge in [-0.25, -0.2) is 0 Å². The summed E-state index contributed by atoms with van der Waals surface area (Å²) in [4.78, 5) is 46.5. The van der Waals surface area contributed by atoms with Crippen molar-refractivity contribution < 1.29 is 32.3 Å². The first-order chi connectivity index (χ1) is 35.0. The van der Waals surface area contributed by atoms with Gasteiger partial charge >= 0.3 is 6.18 Å². The molecular formula is C67H75F3O4. The number of methoxy groups -OCH3 is 1. The zero-order valence-corrected chi connectivity index (χ0v) is 45.8. The van der Waals surface area contributed by atoms with Gasteiger partial charge in [0.2, 0.25) is 0 Å². The molecule has 8 aliphatic rings. The van der Waals surface area contributed by atoms with E-state index >= 15 is 27.6 Å². The predicted molar refractivity (Wildman–Crippen MR) is 288 cm³/mol. The number of Topliss-reactive ketones (excluding diaryl/α,β-unsaturated/α-hetero) is 3. The first kappa shape index (κ1) is 50.8. The molecule has 388 valence electrons. The molecule has 3 aromatic rings. The number of carbonyl (C=O) groups is 3. The van der Waals surface area contributed by atoms with Crippen molar-refractivity contribution in [2.24, 2.45) is 57.7 Å². The Kier molecular flexibility index (Phi) is 12.1. The van der Waals surface area contributed by atoms with Gasteiger partial charge in [-0.3, -0.25) is 14.4 Å². The number of alkyl halides is 3. The maximum atomic E-state index is 15.8. The average molecular weight is 1000 g/mol. The van der Waals surface area contributed by atoms with E-state index in [9.17, 15) is 0 Å². The summed E-state index contributed by atoms with van der Waals surface area (Å²) >= 11 is 0. The molecule has 0 radical (unpaired) electrons. The van der Waals surface area contributed by atoms with E-state index in [2.05, 4.69) is 66.7 Å². The van der Waals surface area contributed by atoms with E-state index in [4.69, 9.17) is 4.74 Å². The maximum Gasteiger partial charge on any atom is 0.416 e. The molecule has 7 heteroatoms. The van der Waals surface area contributed by atoms with E-state index in [0.29, 0.717) is 97.2 Å². The molecular weight excluding hydrogens is 926 g/mol. The van der Waals surface area contributed by atoms with Crippen LogP contribution >= 0.6 is 0 Å². The van der Waals surface area contributed by atoms with Crippen LogP contribution in [0.2, 0.25) is 0 Å². The Morgan fingerprint density at radius 1 is 0.581 bits per heavy atom. The number of halogens is 3. The number of fused-ring (bicyclic) bond motifs is 11. The normalized spacial score (nSPS) is 33.4. The van der Waals surface area contributed by atoms with E-state index in [1.165, 1.54) is 45.1 Å². The molecule has 0 N–H and O–H groups in total. The monoisotopic (exact) mass is 1000 g/mol. The molecule has 0 saturated heterocycles. The molecule has 3 aromatic carbocycles. The van der Waals surface area contributed by atoms with Gasteiger partial charge in [-0.1, -0.05) is 103 Å². The fourth-order valence-corrected chi connectivity index (χ4v) is 18.0. The molecule has 0 aromatic heterocycles. The summed E-state index contributed by atoms with van der Waals surface area (Å²) in [7, 11) is 1.54. The van der Waals surface area contributed by atoms with Gasteiger partial charge in [-0.2, -0.15) is 13.2 Å². The van der Waals surface area contributed by atoms with Gasteiger partial charge in [-0.15, -0.1) is 0 Å². The van der Waals surface area contributed by atoms with Crippen LogP contribution in [0, 0.1) is 57.7 Å². The highest BCUT2D eigenvalue weighted by Crippen LogP contribution is 2.77. The van der Waals surface area contributed by atoms with Crippen LogP contribution in [-0.4, -0.2) is 24.5 Å². The minimum atomic E-state index is -4.70. The highest BCUT2D eigenvalue weighted by atomic mass is 19.4. The second-order valence-corrected chi connectivity index (χ2v) is 25.2. The van der Waals surface area contributed by atoms with E-state index in [1.54, 1.807) is 25.3 Å². The number of benzene rings is 3. The molecule has 0 spiro atoms. The average Bonchev–Trinajstić information content (AvgIpc) is 4.10. The number of rotatable bonds is 10. The van der Waals surface area contributed by atoms with Crippen molar-refractivity contribution in [2.45, 2.75) is 152 Å². The molecule has 9 atom stereocenters. The van der Waals surface area contributed by atoms with Gasteiger partial charge in [0.1, 0.15) is 5.75 Å². The molecule has 2 fully saturated rings. The van der Waals surface area contributed by atoms with Crippen LogP contribution in [0.25, 0.3) is 0 Å². The lowest BCUT2D eigenvalue weighted by atomic mass is 9.50. The summed E-state index contributed by atoms with van der Waals surface area (Å²) in [6.45, 7) is 23.6. The molecule has 74 heavy (non-hydrogen) atoms. The van der Waals surface area contributed by atoms with Crippen LogP contribution in [0.1, 0.15) is 188 Å². The Balaban J connectivity index is 0.950. The van der Waals surface area contributed by atoms with E-state index < -0.39 is 34.4 Å². The first-order valence-electron chi connectivity index (χ1n) is 27.6. The van der Waals surface area contributed by atoms with Crippen LogP contribution in [0.5, 0.6) is 5.75 Å². The fourth-order valence-electron chi connectivity index (χ4n) is 18.0. The standard InChI is InChI=1S/C67H75F3O4/c1-34-22-49-26-48(25-45-16-15-17-46(24-45)62(72)66-55-28-51(41(8)43(55)10)60(66)52-29-56(66)44(11)42(52)9)39(6)33-64(49,30-36(34)3)61(71)47-20-21-54(67(68,69)70)53(27-47)59-40(7)38(5)32-65(31-37(4)35(2)23-57(59)65)63(73)50-18-13-14-19-58(50)74-12/h13-21,24,27,49,51-52,55-57,59-60H,22-23,25-26,28-33H2,1-12H3. The van der Waals surface area contributed by atoms with Crippen LogP contribution < -0.4 is 4.74 Å². The number of carbonyl (C=O) groups excluding carboxylic acids is 3.